The molecule has 32 heavy (non-hydrogen) atoms. The summed E-state index contributed by atoms with van der Waals surface area (Å²) in [7, 11) is 0. The zero-order valence-electron chi connectivity index (χ0n) is 19.6. The summed E-state index contributed by atoms with van der Waals surface area (Å²) in [4.78, 5) is 24.3. The van der Waals surface area contributed by atoms with Crippen LogP contribution in [0.3, 0.4) is 0 Å². The van der Waals surface area contributed by atoms with Crippen LogP contribution in [0.4, 0.5) is 11.4 Å². The number of carbonyl (C=O) groups is 2. The Bertz CT molecular complexity index is 758. The maximum atomic E-state index is 12.2. The Morgan fingerprint density at radius 3 is 1.31 bits per heavy atom. The van der Waals surface area contributed by atoms with Gasteiger partial charge in [-0.3, -0.25) is 9.59 Å². The van der Waals surface area contributed by atoms with Crippen LogP contribution in [0.1, 0.15) is 53.4 Å². The van der Waals surface area contributed by atoms with Gasteiger partial charge in [0.2, 0.25) is 11.8 Å². The van der Waals surface area contributed by atoms with E-state index in [0.717, 1.165) is 24.3 Å². The molecule has 2 aromatic carbocycles. The number of benzene rings is 2. The zero-order chi connectivity index (χ0) is 23.3. The smallest absolute Gasteiger partial charge is 0.224 e. The summed E-state index contributed by atoms with van der Waals surface area (Å²) in [6, 6.07) is 14.5. The highest BCUT2D eigenvalue weighted by Gasteiger charge is 2.08. The zero-order valence-corrected chi connectivity index (χ0v) is 19.6. The summed E-state index contributed by atoms with van der Waals surface area (Å²) < 4.78 is 11.3. The molecule has 0 fully saturated rings. The fraction of sp³-hybridized carbons (Fsp3) is 0.462. The lowest BCUT2D eigenvalue weighted by Gasteiger charge is -2.10. The molecule has 6 heteroatoms. The molecule has 2 aromatic rings. The molecular formula is C26H36N2O4. The maximum absolute atomic E-state index is 12.2. The molecule has 0 spiro atoms. The summed E-state index contributed by atoms with van der Waals surface area (Å²) in [6.45, 7) is 9.97. The first-order valence-corrected chi connectivity index (χ1v) is 11.4. The van der Waals surface area contributed by atoms with Crippen LogP contribution in [0, 0.1) is 11.8 Å². The third-order valence-corrected chi connectivity index (χ3v) is 4.78. The van der Waals surface area contributed by atoms with Crippen molar-refractivity contribution in [3.8, 4) is 11.5 Å². The van der Waals surface area contributed by atoms with E-state index in [1.54, 1.807) is 24.3 Å². The van der Waals surface area contributed by atoms with E-state index in [4.69, 9.17) is 9.47 Å². The van der Waals surface area contributed by atoms with Gasteiger partial charge in [-0.25, -0.2) is 0 Å². The second-order valence-corrected chi connectivity index (χ2v) is 8.71. The lowest BCUT2D eigenvalue weighted by molar-refractivity contribution is -0.121. The van der Waals surface area contributed by atoms with Gasteiger partial charge in [0.05, 0.1) is 13.2 Å². The molecule has 0 aliphatic carbocycles. The van der Waals surface area contributed by atoms with E-state index >= 15 is 0 Å². The largest absolute Gasteiger partial charge is 0.494 e. The number of ether oxygens (including phenoxy) is 2. The van der Waals surface area contributed by atoms with E-state index in [1.807, 2.05) is 24.3 Å². The monoisotopic (exact) mass is 440 g/mol. The van der Waals surface area contributed by atoms with E-state index in [-0.39, 0.29) is 24.7 Å². The molecule has 2 N–H and O–H groups in total. The molecule has 0 aliphatic rings. The van der Waals surface area contributed by atoms with E-state index in [0.29, 0.717) is 36.4 Å². The van der Waals surface area contributed by atoms with Crippen molar-refractivity contribution < 1.29 is 19.1 Å². The van der Waals surface area contributed by atoms with Gasteiger partial charge in [-0.1, -0.05) is 27.7 Å². The Morgan fingerprint density at radius 1 is 0.656 bits per heavy atom. The predicted octanol–water partition coefficient (Wildman–Crippen LogP) is 5.89. The molecule has 2 amide bonds. The normalized spacial score (nSPS) is 10.8. The predicted molar refractivity (Wildman–Crippen MR) is 129 cm³/mol. The average Bonchev–Trinajstić information content (AvgIpc) is 2.74. The number of anilines is 2. The van der Waals surface area contributed by atoms with Gasteiger partial charge in [0.25, 0.3) is 0 Å². The third-order valence-electron chi connectivity index (χ3n) is 4.78. The Balaban J connectivity index is 1.68. The van der Waals surface area contributed by atoms with Gasteiger partial charge < -0.3 is 20.1 Å². The minimum Gasteiger partial charge on any atom is -0.494 e. The number of hydrogen-bond acceptors (Lipinski definition) is 4. The number of rotatable bonds is 13. The molecule has 0 heterocycles. The van der Waals surface area contributed by atoms with Gasteiger partial charge in [0.15, 0.2) is 0 Å². The third kappa shape index (κ3) is 10.3. The number of carbonyl (C=O) groups excluding carboxylic acids is 2. The standard InChI is InChI=1S/C26H36N2O4/c1-19(2)15-17-31-23-9-5-21(6-10-23)27-25(29)13-14-26(30)28-22-7-11-24(12-8-22)32-18-16-20(3)4/h5-12,19-20H,13-18H2,1-4H3,(H,27,29)(H,28,30). The summed E-state index contributed by atoms with van der Waals surface area (Å²) >= 11 is 0. The number of amides is 2. The molecule has 174 valence electrons. The van der Waals surface area contributed by atoms with Crippen LogP contribution in [0.2, 0.25) is 0 Å². The van der Waals surface area contributed by atoms with Gasteiger partial charge in [-0.2, -0.15) is 0 Å². The quantitative estimate of drug-likeness (QED) is 0.407. The van der Waals surface area contributed by atoms with Crippen molar-refractivity contribution in [2.75, 3.05) is 23.8 Å². The van der Waals surface area contributed by atoms with Crippen molar-refractivity contribution in [1.82, 2.24) is 0 Å². The highest BCUT2D eigenvalue weighted by atomic mass is 16.5. The van der Waals surface area contributed by atoms with Gasteiger partial charge in [0, 0.05) is 24.2 Å². The van der Waals surface area contributed by atoms with Crippen molar-refractivity contribution in [3.05, 3.63) is 48.5 Å². The van der Waals surface area contributed by atoms with Crippen LogP contribution in [-0.4, -0.2) is 25.0 Å². The van der Waals surface area contributed by atoms with E-state index < -0.39 is 0 Å². The molecular weight excluding hydrogens is 404 g/mol. The molecule has 0 radical (unpaired) electrons. The van der Waals surface area contributed by atoms with E-state index in [9.17, 15) is 9.59 Å². The van der Waals surface area contributed by atoms with Crippen molar-refractivity contribution in [2.45, 2.75) is 53.4 Å². The van der Waals surface area contributed by atoms with Crippen molar-refractivity contribution in [2.24, 2.45) is 11.8 Å². The lowest BCUT2D eigenvalue weighted by atomic mass is 10.1. The van der Waals surface area contributed by atoms with E-state index in [2.05, 4.69) is 38.3 Å². The highest BCUT2D eigenvalue weighted by Crippen LogP contribution is 2.18. The maximum Gasteiger partial charge on any atom is 0.224 e. The first-order valence-electron chi connectivity index (χ1n) is 11.4. The Hall–Kier alpha value is -3.02. The first-order chi connectivity index (χ1) is 15.3. The van der Waals surface area contributed by atoms with Crippen LogP contribution in [0.15, 0.2) is 48.5 Å². The van der Waals surface area contributed by atoms with Gasteiger partial charge in [0.1, 0.15) is 11.5 Å². The average molecular weight is 441 g/mol. The fourth-order valence-electron chi connectivity index (χ4n) is 2.77. The lowest BCUT2D eigenvalue weighted by Crippen LogP contribution is -2.17. The van der Waals surface area contributed by atoms with Crippen LogP contribution >= 0.6 is 0 Å². The molecule has 0 aliphatic heterocycles. The summed E-state index contributed by atoms with van der Waals surface area (Å²) in [5, 5.41) is 5.61. The number of nitrogens with one attached hydrogen (secondary N) is 2. The summed E-state index contributed by atoms with van der Waals surface area (Å²) in [5.74, 6) is 2.33. The first kappa shape index (κ1) is 25.2. The Morgan fingerprint density at radius 2 is 1.00 bits per heavy atom. The summed E-state index contributed by atoms with van der Waals surface area (Å²) in [5.41, 5.74) is 1.36. The highest BCUT2D eigenvalue weighted by molar-refractivity contribution is 5.96. The number of hydrogen-bond donors (Lipinski definition) is 2. The van der Waals surface area contributed by atoms with Crippen LogP contribution < -0.4 is 20.1 Å². The Labute approximate surface area is 191 Å². The van der Waals surface area contributed by atoms with Crippen LogP contribution in [0.5, 0.6) is 11.5 Å². The van der Waals surface area contributed by atoms with Crippen LogP contribution in [0.25, 0.3) is 0 Å². The second kappa shape index (κ2) is 13.4. The van der Waals surface area contributed by atoms with Gasteiger partial charge >= 0.3 is 0 Å². The molecule has 0 bridgehead atoms. The Kier molecular flexibility index (Phi) is 10.6. The second-order valence-electron chi connectivity index (χ2n) is 8.71. The van der Waals surface area contributed by atoms with Crippen molar-refractivity contribution >= 4 is 23.2 Å². The van der Waals surface area contributed by atoms with Crippen molar-refractivity contribution in [1.29, 1.82) is 0 Å². The van der Waals surface area contributed by atoms with Gasteiger partial charge in [-0.15, -0.1) is 0 Å². The molecule has 0 saturated heterocycles. The minimum atomic E-state index is -0.206. The topological polar surface area (TPSA) is 76.7 Å². The summed E-state index contributed by atoms with van der Waals surface area (Å²) in [6.07, 6.45) is 2.21. The SMILES string of the molecule is CC(C)CCOc1ccc(NC(=O)CCC(=O)Nc2ccc(OCCC(C)C)cc2)cc1. The van der Waals surface area contributed by atoms with E-state index in [1.165, 1.54) is 0 Å². The van der Waals surface area contributed by atoms with Gasteiger partial charge in [-0.05, 0) is 73.2 Å². The van der Waals surface area contributed by atoms with Crippen LogP contribution in [-0.2, 0) is 9.59 Å². The van der Waals surface area contributed by atoms with Crippen molar-refractivity contribution in [3.63, 3.8) is 0 Å². The fourth-order valence-corrected chi connectivity index (χ4v) is 2.77. The molecule has 0 atom stereocenters. The molecule has 0 unspecified atom stereocenters. The molecule has 6 nitrogen and oxygen atoms in total. The molecule has 2 rings (SSSR count). The molecule has 0 saturated carbocycles. The minimum absolute atomic E-state index is 0.106. The molecule has 0 aromatic heterocycles.